The number of rotatable bonds is 10. The molecule has 0 aliphatic carbocycles. The molecule has 3 rings (SSSR count). The van der Waals surface area contributed by atoms with Crippen molar-refractivity contribution in [3.05, 3.63) is 82.1 Å². The summed E-state index contributed by atoms with van der Waals surface area (Å²) in [6, 6.07) is 17.9. The first-order valence-corrected chi connectivity index (χ1v) is 11.3. The van der Waals surface area contributed by atoms with Gasteiger partial charge in [-0.3, -0.25) is 9.69 Å². The molecule has 1 aromatic heterocycles. The number of carbonyl (C=O) groups excluding carboxylic acids is 1. The van der Waals surface area contributed by atoms with E-state index in [1.807, 2.05) is 55.5 Å². The van der Waals surface area contributed by atoms with Crippen LogP contribution >= 0.6 is 11.6 Å². The van der Waals surface area contributed by atoms with Gasteiger partial charge in [0.15, 0.2) is 0 Å². The van der Waals surface area contributed by atoms with Gasteiger partial charge in [0.25, 0.3) is 5.91 Å². The van der Waals surface area contributed by atoms with Crippen molar-refractivity contribution in [1.82, 2.24) is 20.0 Å². The smallest absolute Gasteiger partial charge is 0.256 e. The molecule has 0 saturated heterocycles. The molecule has 6 nitrogen and oxygen atoms in total. The van der Waals surface area contributed by atoms with Gasteiger partial charge in [-0.15, -0.1) is 0 Å². The topological polar surface area (TPSA) is 59.4 Å². The maximum atomic E-state index is 13.1. The molecule has 0 radical (unpaired) electrons. The number of nitrogens with one attached hydrogen (secondary N) is 1. The highest BCUT2D eigenvalue weighted by Gasteiger charge is 2.24. The molecule has 0 fully saturated rings. The normalized spacial score (nSPS) is 12.1. The van der Waals surface area contributed by atoms with Gasteiger partial charge < -0.3 is 10.1 Å². The molecular weight excluding hydrogens is 424 g/mol. The number of nitrogens with zero attached hydrogens (tertiary/aromatic N) is 3. The first kappa shape index (κ1) is 23.8. The maximum Gasteiger partial charge on any atom is 0.256 e. The third kappa shape index (κ3) is 5.50. The summed E-state index contributed by atoms with van der Waals surface area (Å²) in [5.41, 5.74) is 3.20. The van der Waals surface area contributed by atoms with Crippen LogP contribution in [0.1, 0.15) is 47.1 Å². The van der Waals surface area contributed by atoms with E-state index in [0.717, 1.165) is 30.0 Å². The minimum atomic E-state index is -0.216. The lowest BCUT2D eigenvalue weighted by atomic mass is 10.0. The van der Waals surface area contributed by atoms with Crippen LogP contribution in [0.25, 0.3) is 0 Å². The number of benzene rings is 2. The number of carbonyl (C=O) groups is 1. The highest BCUT2D eigenvalue weighted by Crippen LogP contribution is 2.25. The first-order chi connectivity index (χ1) is 15.5. The maximum absolute atomic E-state index is 13.1. The predicted molar refractivity (Wildman–Crippen MR) is 129 cm³/mol. The van der Waals surface area contributed by atoms with Crippen molar-refractivity contribution in [3.63, 3.8) is 0 Å². The van der Waals surface area contributed by atoms with E-state index in [0.29, 0.717) is 29.5 Å². The van der Waals surface area contributed by atoms with Crippen molar-refractivity contribution in [2.24, 2.45) is 0 Å². The molecule has 170 valence electrons. The summed E-state index contributed by atoms with van der Waals surface area (Å²) in [4.78, 5) is 15.4. The van der Waals surface area contributed by atoms with E-state index in [2.05, 4.69) is 35.2 Å². The fourth-order valence-electron chi connectivity index (χ4n) is 3.92. The fourth-order valence-corrected chi connectivity index (χ4v) is 4.24. The van der Waals surface area contributed by atoms with Gasteiger partial charge in [0.05, 0.1) is 31.0 Å². The van der Waals surface area contributed by atoms with E-state index >= 15 is 0 Å². The summed E-state index contributed by atoms with van der Waals surface area (Å²) in [5, 5.41) is 7.93. The number of hydrogen-bond acceptors (Lipinski definition) is 4. The molecule has 0 saturated carbocycles. The SMILES string of the molecule is CCN(CC)C(CNC(=O)c1c(C)nn(Cc2ccccc2)c1Cl)c1cccc(OC)c1. The summed E-state index contributed by atoms with van der Waals surface area (Å²) < 4.78 is 7.07. The third-order valence-corrected chi connectivity index (χ3v) is 6.04. The van der Waals surface area contributed by atoms with Crippen molar-refractivity contribution in [2.75, 3.05) is 26.7 Å². The number of ether oxygens (including phenoxy) is 1. The number of aryl methyl sites for hydroxylation is 1. The van der Waals surface area contributed by atoms with Crippen molar-refractivity contribution >= 4 is 17.5 Å². The quantitative estimate of drug-likeness (QED) is 0.481. The van der Waals surface area contributed by atoms with Crippen LogP contribution in [-0.2, 0) is 6.54 Å². The Labute approximate surface area is 195 Å². The number of methoxy groups -OCH3 is 1. The molecule has 0 aliphatic heterocycles. The Morgan fingerprint density at radius 1 is 1.16 bits per heavy atom. The zero-order valence-electron chi connectivity index (χ0n) is 19.1. The second kappa shape index (κ2) is 11.2. The van der Waals surface area contributed by atoms with E-state index in [1.54, 1.807) is 11.8 Å². The van der Waals surface area contributed by atoms with E-state index in [1.165, 1.54) is 0 Å². The van der Waals surface area contributed by atoms with E-state index in [4.69, 9.17) is 16.3 Å². The summed E-state index contributed by atoms with van der Waals surface area (Å²) in [7, 11) is 1.66. The van der Waals surface area contributed by atoms with Crippen LogP contribution in [0.3, 0.4) is 0 Å². The van der Waals surface area contributed by atoms with Gasteiger partial charge >= 0.3 is 0 Å². The van der Waals surface area contributed by atoms with Gasteiger partial charge in [-0.05, 0) is 43.3 Å². The predicted octanol–water partition coefficient (Wildman–Crippen LogP) is 4.71. The third-order valence-electron chi connectivity index (χ3n) is 5.66. The van der Waals surface area contributed by atoms with Gasteiger partial charge in [-0.1, -0.05) is 67.9 Å². The number of amides is 1. The lowest BCUT2D eigenvalue weighted by Gasteiger charge is -2.30. The highest BCUT2D eigenvalue weighted by atomic mass is 35.5. The van der Waals surface area contributed by atoms with Crippen LogP contribution < -0.4 is 10.1 Å². The Kier molecular flexibility index (Phi) is 8.31. The van der Waals surface area contributed by atoms with E-state index in [9.17, 15) is 4.79 Å². The molecule has 3 aromatic rings. The van der Waals surface area contributed by atoms with Crippen LogP contribution in [0.2, 0.25) is 5.15 Å². The largest absolute Gasteiger partial charge is 0.497 e. The fraction of sp³-hybridized carbons (Fsp3) is 0.360. The minimum absolute atomic E-state index is 0.0162. The number of aromatic nitrogens is 2. The molecule has 1 unspecified atom stereocenters. The average molecular weight is 455 g/mol. The number of halogens is 1. The van der Waals surface area contributed by atoms with Gasteiger partial charge in [0, 0.05) is 6.54 Å². The van der Waals surface area contributed by atoms with Crippen molar-refractivity contribution in [2.45, 2.75) is 33.4 Å². The molecule has 0 aliphatic rings. The van der Waals surface area contributed by atoms with Gasteiger partial charge in [0.2, 0.25) is 0 Å². The number of likely N-dealkylation sites (N-methyl/N-ethyl adjacent to an activating group) is 1. The summed E-state index contributed by atoms with van der Waals surface area (Å²) in [5.74, 6) is 0.582. The van der Waals surface area contributed by atoms with Crippen LogP contribution in [0.15, 0.2) is 54.6 Å². The van der Waals surface area contributed by atoms with Crippen molar-refractivity contribution in [1.29, 1.82) is 0 Å². The minimum Gasteiger partial charge on any atom is -0.497 e. The molecule has 32 heavy (non-hydrogen) atoms. The van der Waals surface area contributed by atoms with Crippen LogP contribution in [0.5, 0.6) is 5.75 Å². The Balaban J connectivity index is 1.79. The molecule has 0 spiro atoms. The zero-order chi connectivity index (χ0) is 23.1. The molecule has 7 heteroatoms. The Hall–Kier alpha value is -2.83. The van der Waals surface area contributed by atoms with Crippen LogP contribution in [-0.4, -0.2) is 47.3 Å². The lowest BCUT2D eigenvalue weighted by Crippen LogP contribution is -2.38. The standard InChI is InChI=1S/C25H31ClN4O2/c1-5-29(6-2)22(20-13-10-14-21(15-20)32-4)16-27-25(31)23-18(3)28-30(24(23)26)17-19-11-8-7-9-12-19/h7-15,22H,5-6,16-17H2,1-4H3,(H,27,31). The van der Waals surface area contributed by atoms with Gasteiger partial charge in [0.1, 0.15) is 10.9 Å². The molecule has 1 heterocycles. The van der Waals surface area contributed by atoms with Crippen molar-refractivity contribution < 1.29 is 9.53 Å². The molecule has 2 aromatic carbocycles. The first-order valence-electron chi connectivity index (χ1n) is 10.9. The molecule has 1 atom stereocenters. The molecular formula is C25H31ClN4O2. The molecule has 1 N–H and O–H groups in total. The summed E-state index contributed by atoms with van der Waals surface area (Å²) in [6.07, 6.45) is 0. The summed E-state index contributed by atoms with van der Waals surface area (Å²) in [6.45, 7) is 8.74. The van der Waals surface area contributed by atoms with E-state index < -0.39 is 0 Å². The molecule has 0 bridgehead atoms. The highest BCUT2D eigenvalue weighted by molar-refractivity contribution is 6.33. The van der Waals surface area contributed by atoms with Gasteiger partial charge in [-0.2, -0.15) is 5.10 Å². The Bertz CT molecular complexity index is 1030. The Morgan fingerprint density at radius 2 is 1.88 bits per heavy atom. The lowest BCUT2D eigenvalue weighted by molar-refractivity contribution is 0.0934. The van der Waals surface area contributed by atoms with Crippen molar-refractivity contribution in [3.8, 4) is 5.75 Å². The van der Waals surface area contributed by atoms with E-state index in [-0.39, 0.29) is 11.9 Å². The average Bonchev–Trinajstić information content (AvgIpc) is 3.09. The second-order valence-electron chi connectivity index (χ2n) is 7.62. The molecule has 1 amide bonds. The Morgan fingerprint density at radius 3 is 2.53 bits per heavy atom. The van der Waals surface area contributed by atoms with Crippen LogP contribution in [0, 0.1) is 6.92 Å². The second-order valence-corrected chi connectivity index (χ2v) is 7.98. The zero-order valence-corrected chi connectivity index (χ0v) is 19.9. The number of hydrogen-bond donors (Lipinski definition) is 1. The monoisotopic (exact) mass is 454 g/mol. The van der Waals surface area contributed by atoms with Gasteiger partial charge in [-0.25, -0.2) is 4.68 Å². The van der Waals surface area contributed by atoms with Crippen LogP contribution in [0.4, 0.5) is 0 Å². The summed E-state index contributed by atoms with van der Waals surface area (Å²) >= 11 is 6.58.